The molecule has 1 N–H and O–H groups in total. The minimum Gasteiger partial charge on any atom is -0.481 e. The third-order valence-electron chi connectivity index (χ3n) is 6.07. The SMILES string of the molecule is CCCNC(=O)COc1ccc(-c2cccc3c2C2CC(=O)C(C(C)C)N2C3=O)cc1F. The molecular weight excluding hydrogens is 411 g/mol. The Morgan fingerprint density at radius 2 is 1.97 bits per heavy atom. The van der Waals surface area contributed by atoms with Gasteiger partial charge in [0, 0.05) is 18.5 Å². The van der Waals surface area contributed by atoms with Crippen molar-refractivity contribution in [3.8, 4) is 16.9 Å². The number of carbonyl (C=O) groups is 3. The molecule has 2 amide bonds. The van der Waals surface area contributed by atoms with E-state index in [9.17, 15) is 18.8 Å². The van der Waals surface area contributed by atoms with E-state index < -0.39 is 11.9 Å². The Hall–Kier alpha value is -3.22. The number of rotatable bonds is 7. The summed E-state index contributed by atoms with van der Waals surface area (Å²) < 4.78 is 20.1. The lowest BCUT2D eigenvalue weighted by atomic mass is 9.91. The highest BCUT2D eigenvalue weighted by Gasteiger charge is 2.51. The summed E-state index contributed by atoms with van der Waals surface area (Å²) in [5.74, 6) is -0.961. The first-order valence-electron chi connectivity index (χ1n) is 11.0. The van der Waals surface area contributed by atoms with E-state index in [1.165, 1.54) is 12.1 Å². The van der Waals surface area contributed by atoms with E-state index in [1.807, 2.05) is 26.8 Å². The second-order valence-corrected chi connectivity index (χ2v) is 8.64. The van der Waals surface area contributed by atoms with Gasteiger partial charge in [-0.1, -0.05) is 39.0 Å². The van der Waals surface area contributed by atoms with Gasteiger partial charge in [0.2, 0.25) is 0 Å². The first kappa shape index (κ1) is 22.0. The number of nitrogens with zero attached hydrogens (tertiary/aromatic N) is 1. The van der Waals surface area contributed by atoms with Crippen LogP contribution in [0.25, 0.3) is 11.1 Å². The zero-order valence-corrected chi connectivity index (χ0v) is 18.5. The zero-order valence-electron chi connectivity index (χ0n) is 18.5. The van der Waals surface area contributed by atoms with E-state index in [0.717, 1.165) is 17.5 Å². The number of amides is 2. The lowest BCUT2D eigenvalue weighted by molar-refractivity contribution is -0.123. The number of Topliss-reactive ketones (excluding diaryl/α,β-unsaturated/α-hetero) is 1. The molecule has 0 spiro atoms. The molecule has 32 heavy (non-hydrogen) atoms. The maximum atomic E-state index is 14.8. The maximum Gasteiger partial charge on any atom is 0.257 e. The summed E-state index contributed by atoms with van der Waals surface area (Å²) in [7, 11) is 0. The summed E-state index contributed by atoms with van der Waals surface area (Å²) >= 11 is 0. The van der Waals surface area contributed by atoms with Gasteiger partial charge < -0.3 is 15.0 Å². The predicted octanol–water partition coefficient (Wildman–Crippen LogP) is 3.89. The molecular formula is C25H27FN2O4. The molecule has 2 aliphatic heterocycles. The summed E-state index contributed by atoms with van der Waals surface area (Å²) in [6.07, 6.45) is 1.08. The van der Waals surface area contributed by atoms with Crippen LogP contribution in [0.4, 0.5) is 4.39 Å². The third-order valence-corrected chi connectivity index (χ3v) is 6.07. The molecule has 0 radical (unpaired) electrons. The van der Waals surface area contributed by atoms with Crippen molar-refractivity contribution in [2.45, 2.75) is 45.7 Å². The normalized spacial score (nSPS) is 19.3. The number of nitrogens with one attached hydrogen (secondary N) is 1. The summed E-state index contributed by atoms with van der Waals surface area (Å²) in [5.41, 5.74) is 2.67. The summed E-state index contributed by atoms with van der Waals surface area (Å²) in [6.45, 7) is 6.11. The quantitative estimate of drug-likeness (QED) is 0.712. The number of ether oxygens (including phenoxy) is 1. The van der Waals surface area contributed by atoms with Gasteiger partial charge in [-0.25, -0.2) is 4.39 Å². The van der Waals surface area contributed by atoms with E-state index in [1.54, 1.807) is 23.1 Å². The van der Waals surface area contributed by atoms with Crippen LogP contribution in [0.1, 0.15) is 55.6 Å². The number of ketones is 1. The monoisotopic (exact) mass is 438 g/mol. The Balaban J connectivity index is 1.62. The Bertz CT molecular complexity index is 1080. The molecule has 0 aliphatic carbocycles. The second-order valence-electron chi connectivity index (χ2n) is 8.64. The highest BCUT2D eigenvalue weighted by Crippen LogP contribution is 2.48. The highest BCUT2D eigenvalue weighted by molar-refractivity contribution is 6.07. The average Bonchev–Trinajstić information content (AvgIpc) is 3.24. The van der Waals surface area contributed by atoms with Crippen molar-refractivity contribution in [1.82, 2.24) is 10.2 Å². The lowest BCUT2D eigenvalue weighted by Crippen LogP contribution is -2.39. The van der Waals surface area contributed by atoms with Crippen molar-refractivity contribution in [3.05, 3.63) is 53.3 Å². The summed E-state index contributed by atoms with van der Waals surface area (Å²) in [5, 5.41) is 2.68. The Morgan fingerprint density at radius 1 is 1.22 bits per heavy atom. The standard InChI is InChI=1S/C25H27FN2O4/c1-4-10-27-22(30)13-32-21-9-8-15(11-18(21)26)16-6-5-7-17-23(16)19-12-20(29)24(14(2)3)28(19)25(17)31/h5-9,11,14,19,24H,4,10,12-13H2,1-3H3,(H,27,30). The van der Waals surface area contributed by atoms with Gasteiger partial charge in [-0.2, -0.15) is 0 Å². The fourth-order valence-electron chi connectivity index (χ4n) is 4.71. The van der Waals surface area contributed by atoms with E-state index in [2.05, 4.69) is 5.32 Å². The molecule has 7 heteroatoms. The minimum absolute atomic E-state index is 0.0124. The first-order chi connectivity index (χ1) is 15.3. The number of hydrogen-bond acceptors (Lipinski definition) is 4. The number of hydrogen-bond donors (Lipinski definition) is 1. The maximum absolute atomic E-state index is 14.8. The molecule has 0 bridgehead atoms. The molecule has 4 rings (SSSR count). The van der Waals surface area contributed by atoms with Crippen LogP contribution in [0.2, 0.25) is 0 Å². The van der Waals surface area contributed by atoms with Gasteiger partial charge in [0.1, 0.15) is 0 Å². The first-order valence-corrected chi connectivity index (χ1v) is 11.0. The van der Waals surface area contributed by atoms with Crippen LogP contribution < -0.4 is 10.1 Å². The average molecular weight is 438 g/mol. The van der Waals surface area contributed by atoms with Crippen molar-refractivity contribution >= 4 is 17.6 Å². The van der Waals surface area contributed by atoms with Crippen LogP contribution in [0.15, 0.2) is 36.4 Å². The number of halogens is 1. The van der Waals surface area contributed by atoms with Crippen molar-refractivity contribution in [2.24, 2.45) is 5.92 Å². The van der Waals surface area contributed by atoms with Crippen LogP contribution in [0, 0.1) is 11.7 Å². The molecule has 1 saturated heterocycles. The Kier molecular flexibility index (Phi) is 6.00. The predicted molar refractivity (Wildman–Crippen MR) is 118 cm³/mol. The third kappa shape index (κ3) is 3.76. The van der Waals surface area contributed by atoms with Crippen molar-refractivity contribution in [3.63, 3.8) is 0 Å². The van der Waals surface area contributed by atoms with Crippen LogP contribution in [-0.4, -0.2) is 41.7 Å². The van der Waals surface area contributed by atoms with Gasteiger partial charge in [0.15, 0.2) is 24.0 Å². The fraction of sp³-hybridized carbons (Fsp3) is 0.400. The number of carbonyl (C=O) groups excluding carboxylic acids is 3. The molecule has 2 unspecified atom stereocenters. The molecule has 0 saturated carbocycles. The van der Waals surface area contributed by atoms with Crippen molar-refractivity contribution < 1.29 is 23.5 Å². The van der Waals surface area contributed by atoms with Crippen molar-refractivity contribution in [1.29, 1.82) is 0 Å². The smallest absolute Gasteiger partial charge is 0.257 e. The van der Waals surface area contributed by atoms with Gasteiger partial charge in [-0.15, -0.1) is 0 Å². The fourth-order valence-corrected chi connectivity index (χ4v) is 4.71. The number of benzene rings is 2. The molecule has 2 atom stereocenters. The van der Waals surface area contributed by atoms with Crippen molar-refractivity contribution in [2.75, 3.05) is 13.2 Å². The molecule has 2 aromatic rings. The number of fused-ring (bicyclic) bond motifs is 3. The van der Waals surface area contributed by atoms with Crippen LogP contribution >= 0.6 is 0 Å². The largest absolute Gasteiger partial charge is 0.481 e. The molecule has 2 aliphatic rings. The topological polar surface area (TPSA) is 75.7 Å². The van der Waals surface area contributed by atoms with Gasteiger partial charge >= 0.3 is 0 Å². The molecule has 168 valence electrons. The Labute approximate surface area is 186 Å². The van der Waals surface area contributed by atoms with Crippen LogP contribution in [0.5, 0.6) is 5.75 Å². The lowest BCUT2D eigenvalue weighted by Gasteiger charge is -2.26. The molecule has 2 heterocycles. The van der Waals surface area contributed by atoms with Gasteiger partial charge in [-0.05, 0) is 47.2 Å². The molecule has 6 nitrogen and oxygen atoms in total. The van der Waals surface area contributed by atoms with E-state index in [0.29, 0.717) is 17.7 Å². The van der Waals surface area contributed by atoms with Crippen LogP contribution in [0.3, 0.4) is 0 Å². The van der Waals surface area contributed by atoms with Crippen LogP contribution in [-0.2, 0) is 9.59 Å². The minimum atomic E-state index is -0.591. The van der Waals surface area contributed by atoms with Gasteiger partial charge in [0.05, 0.1) is 12.1 Å². The van der Waals surface area contributed by atoms with E-state index in [4.69, 9.17) is 4.74 Å². The molecule has 2 aromatic carbocycles. The summed E-state index contributed by atoms with van der Waals surface area (Å²) in [4.78, 5) is 39.1. The molecule has 1 fully saturated rings. The van der Waals surface area contributed by atoms with Gasteiger partial charge in [0.25, 0.3) is 11.8 Å². The van der Waals surface area contributed by atoms with E-state index in [-0.39, 0.29) is 48.3 Å². The van der Waals surface area contributed by atoms with Gasteiger partial charge in [-0.3, -0.25) is 14.4 Å². The highest BCUT2D eigenvalue weighted by atomic mass is 19.1. The van der Waals surface area contributed by atoms with E-state index >= 15 is 0 Å². The Morgan fingerprint density at radius 3 is 2.66 bits per heavy atom. The summed E-state index contributed by atoms with van der Waals surface area (Å²) in [6, 6.07) is 9.18. The second kappa shape index (κ2) is 8.73. The molecule has 0 aromatic heterocycles. The zero-order chi connectivity index (χ0) is 23.0.